The maximum Gasteiger partial charge on any atom is 0.239 e. The van der Waals surface area contributed by atoms with Gasteiger partial charge in [-0.3, -0.25) is 4.79 Å². The molecule has 0 fully saturated rings. The van der Waals surface area contributed by atoms with E-state index in [1.807, 2.05) is 49.1 Å². The van der Waals surface area contributed by atoms with Crippen LogP contribution in [0, 0.1) is 0 Å². The number of hydrogen-bond acceptors (Lipinski definition) is 3. The lowest BCUT2D eigenvalue weighted by atomic mass is 10.0. The number of carbonyl (C=O) groups is 1. The summed E-state index contributed by atoms with van der Waals surface area (Å²) in [6.07, 6.45) is 1.48. The quantitative estimate of drug-likeness (QED) is 0.724. The Bertz CT molecular complexity index is 474. The van der Waals surface area contributed by atoms with Gasteiger partial charge in [-0.05, 0) is 32.4 Å². The fraction of sp³-hybridized carbons (Fsp3) is 0.500. The lowest BCUT2D eigenvalue weighted by molar-refractivity contribution is -0.121. The first kappa shape index (κ1) is 17.4. The van der Waals surface area contributed by atoms with Crippen molar-refractivity contribution >= 4 is 28.8 Å². The largest absolute Gasteiger partial charge is 0.393 e. The second kappa shape index (κ2) is 7.98. The van der Waals surface area contributed by atoms with Gasteiger partial charge in [0.15, 0.2) is 0 Å². The summed E-state index contributed by atoms with van der Waals surface area (Å²) in [4.78, 5) is 14.7. The van der Waals surface area contributed by atoms with Crippen LogP contribution in [0.25, 0.3) is 0 Å². The SMILES string of the molecule is CCC(C)(C)NC(=O)CN(CCC(N)=S)c1ccccc1. The smallest absolute Gasteiger partial charge is 0.239 e. The normalized spacial score (nSPS) is 11.0. The minimum atomic E-state index is -0.192. The molecule has 5 heteroatoms. The molecule has 116 valence electrons. The zero-order valence-electron chi connectivity index (χ0n) is 13.1. The van der Waals surface area contributed by atoms with E-state index < -0.39 is 0 Å². The van der Waals surface area contributed by atoms with Crippen molar-refractivity contribution in [3.8, 4) is 0 Å². The van der Waals surface area contributed by atoms with Crippen molar-refractivity contribution in [2.24, 2.45) is 5.73 Å². The summed E-state index contributed by atoms with van der Waals surface area (Å²) in [7, 11) is 0. The highest BCUT2D eigenvalue weighted by atomic mass is 32.1. The maximum atomic E-state index is 12.2. The molecule has 1 rings (SSSR count). The fourth-order valence-corrected chi connectivity index (χ4v) is 1.95. The van der Waals surface area contributed by atoms with Gasteiger partial charge in [0, 0.05) is 24.2 Å². The van der Waals surface area contributed by atoms with E-state index in [-0.39, 0.29) is 11.4 Å². The molecule has 0 radical (unpaired) electrons. The van der Waals surface area contributed by atoms with E-state index in [1.165, 1.54) is 0 Å². The Morgan fingerprint density at radius 1 is 1.33 bits per heavy atom. The third-order valence-electron chi connectivity index (χ3n) is 3.45. The summed E-state index contributed by atoms with van der Waals surface area (Å²) < 4.78 is 0. The van der Waals surface area contributed by atoms with E-state index in [0.717, 1.165) is 12.1 Å². The summed E-state index contributed by atoms with van der Waals surface area (Å²) in [5.74, 6) is 0.00800. The van der Waals surface area contributed by atoms with Crippen molar-refractivity contribution in [1.29, 1.82) is 0 Å². The third kappa shape index (κ3) is 6.58. The van der Waals surface area contributed by atoms with Crippen molar-refractivity contribution in [2.45, 2.75) is 39.2 Å². The molecule has 3 N–H and O–H groups in total. The molecule has 1 aromatic carbocycles. The lowest BCUT2D eigenvalue weighted by Gasteiger charge is -2.28. The molecule has 4 nitrogen and oxygen atoms in total. The van der Waals surface area contributed by atoms with Gasteiger partial charge < -0.3 is 16.0 Å². The van der Waals surface area contributed by atoms with Crippen LogP contribution in [-0.4, -0.2) is 29.5 Å². The number of amides is 1. The zero-order valence-corrected chi connectivity index (χ0v) is 13.9. The molecule has 21 heavy (non-hydrogen) atoms. The second-order valence-corrected chi connectivity index (χ2v) is 6.28. The van der Waals surface area contributed by atoms with Gasteiger partial charge >= 0.3 is 0 Å². The van der Waals surface area contributed by atoms with Crippen LogP contribution in [0.3, 0.4) is 0 Å². The Hall–Kier alpha value is -1.62. The molecule has 1 aromatic rings. The van der Waals surface area contributed by atoms with Crippen molar-refractivity contribution in [3.05, 3.63) is 30.3 Å². The number of nitrogens with two attached hydrogens (primary N) is 1. The molecule has 0 aliphatic rings. The first-order valence-electron chi connectivity index (χ1n) is 7.23. The highest BCUT2D eigenvalue weighted by molar-refractivity contribution is 7.80. The van der Waals surface area contributed by atoms with Gasteiger partial charge in [-0.1, -0.05) is 37.3 Å². The Morgan fingerprint density at radius 2 is 1.95 bits per heavy atom. The summed E-state index contributed by atoms with van der Waals surface area (Å²) in [6, 6.07) is 9.83. The monoisotopic (exact) mass is 307 g/mol. The molecule has 0 bridgehead atoms. The fourth-order valence-electron chi connectivity index (χ4n) is 1.86. The topological polar surface area (TPSA) is 58.4 Å². The van der Waals surface area contributed by atoms with Crippen molar-refractivity contribution in [3.63, 3.8) is 0 Å². The molecule has 0 spiro atoms. The van der Waals surface area contributed by atoms with Crippen LogP contribution in [0.15, 0.2) is 30.3 Å². The molecule has 0 atom stereocenters. The number of nitrogens with one attached hydrogen (secondary N) is 1. The molecule has 0 heterocycles. The average molecular weight is 307 g/mol. The van der Waals surface area contributed by atoms with Crippen LogP contribution in [0.2, 0.25) is 0 Å². The van der Waals surface area contributed by atoms with Crippen LogP contribution >= 0.6 is 12.2 Å². The Balaban J connectivity index is 2.73. The van der Waals surface area contributed by atoms with E-state index >= 15 is 0 Å². The first-order chi connectivity index (χ1) is 9.84. The Kier molecular flexibility index (Phi) is 6.62. The molecular formula is C16H25N3OS. The van der Waals surface area contributed by atoms with Gasteiger partial charge in [0.2, 0.25) is 5.91 Å². The number of benzene rings is 1. The molecule has 0 unspecified atom stereocenters. The highest BCUT2D eigenvalue weighted by Crippen LogP contribution is 2.14. The average Bonchev–Trinajstić information content (AvgIpc) is 2.43. The third-order valence-corrected chi connectivity index (χ3v) is 3.65. The second-order valence-electron chi connectivity index (χ2n) is 5.76. The van der Waals surface area contributed by atoms with E-state index in [4.69, 9.17) is 18.0 Å². The summed E-state index contributed by atoms with van der Waals surface area (Å²) >= 11 is 4.93. The number of rotatable bonds is 8. The highest BCUT2D eigenvalue weighted by Gasteiger charge is 2.19. The van der Waals surface area contributed by atoms with Gasteiger partial charge in [-0.2, -0.15) is 0 Å². The molecule has 1 amide bonds. The minimum absolute atomic E-state index is 0.00800. The van der Waals surface area contributed by atoms with Crippen molar-refractivity contribution in [1.82, 2.24) is 5.32 Å². The van der Waals surface area contributed by atoms with Crippen LogP contribution in [0.4, 0.5) is 5.69 Å². The van der Waals surface area contributed by atoms with E-state index in [2.05, 4.69) is 12.2 Å². The number of para-hydroxylation sites is 1. The minimum Gasteiger partial charge on any atom is -0.393 e. The van der Waals surface area contributed by atoms with E-state index in [1.54, 1.807) is 0 Å². The van der Waals surface area contributed by atoms with Crippen LogP contribution in [0.1, 0.15) is 33.6 Å². The summed E-state index contributed by atoms with van der Waals surface area (Å²) in [5, 5.41) is 3.05. The van der Waals surface area contributed by atoms with Crippen molar-refractivity contribution in [2.75, 3.05) is 18.0 Å². The van der Waals surface area contributed by atoms with Gasteiger partial charge in [-0.15, -0.1) is 0 Å². The van der Waals surface area contributed by atoms with Crippen LogP contribution < -0.4 is 16.0 Å². The van der Waals surface area contributed by atoms with E-state index in [9.17, 15) is 4.79 Å². The summed E-state index contributed by atoms with van der Waals surface area (Å²) in [5.41, 5.74) is 6.38. The standard InChI is InChI=1S/C16H25N3OS/c1-4-16(2,3)18-15(20)12-19(11-10-14(17)21)13-8-6-5-7-9-13/h5-9H,4,10-12H2,1-3H3,(H2,17,21)(H,18,20). The van der Waals surface area contributed by atoms with Gasteiger partial charge in [0.05, 0.1) is 11.5 Å². The number of nitrogens with zero attached hydrogens (tertiary/aromatic N) is 1. The number of thiocarbonyl (C=S) groups is 1. The molecule has 0 aromatic heterocycles. The Labute approximate surface area is 132 Å². The summed E-state index contributed by atoms with van der Waals surface area (Å²) in [6.45, 7) is 7.04. The number of hydrogen-bond donors (Lipinski definition) is 2. The lowest BCUT2D eigenvalue weighted by Crippen LogP contribution is -2.47. The molecule has 0 aliphatic carbocycles. The number of carbonyl (C=O) groups excluding carboxylic acids is 1. The zero-order chi connectivity index (χ0) is 15.9. The Morgan fingerprint density at radius 3 is 2.48 bits per heavy atom. The van der Waals surface area contributed by atoms with Crippen LogP contribution in [-0.2, 0) is 4.79 Å². The predicted octanol–water partition coefficient (Wildman–Crippen LogP) is 2.47. The van der Waals surface area contributed by atoms with Crippen LogP contribution in [0.5, 0.6) is 0 Å². The van der Waals surface area contributed by atoms with Gasteiger partial charge in [0.1, 0.15) is 0 Å². The van der Waals surface area contributed by atoms with Crippen molar-refractivity contribution < 1.29 is 4.79 Å². The predicted molar refractivity (Wildman–Crippen MR) is 92.6 cm³/mol. The van der Waals surface area contributed by atoms with Gasteiger partial charge in [0.25, 0.3) is 0 Å². The number of anilines is 1. The molecule has 0 aliphatic heterocycles. The van der Waals surface area contributed by atoms with E-state index in [0.29, 0.717) is 24.5 Å². The van der Waals surface area contributed by atoms with Gasteiger partial charge in [-0.25, -0.2) is 0 Å². The molecular weight excluding hydrogens is 282 g/mol. The molecule has 0 saturated carbocycles. The first-order valence-corrected chi connectivity index (χ1v) is 7.64. The molecule has 0 saturated heterocycles. The maximum absolute atomic E-state index is 12.2.